The van der Waals surface area contributed by atoms with Crippen molar-refractivity contribution in [3.05, 3.63) is 51.4 Å². The number of hydrogen-bond acceptors (Lipinski definition) is 4. The van der Waals surface area contributed by atoms with Crippen LogP contribution in [0.3, 0.4) is 0 Å². The van der Waals surface area contributed by atoms with E-state index >= 15 is 0 Å². The number of benzene rings is 1. The van der Waals surface area contributed by atoms with Crippen molar-refractivity contribution in [2.45, 2.75) is 58.8 Å². The Hall–Kier alpha value is -2.14. The van der Waals surface area contributed by atoms with Gasteiger partial charge in [-0.15, -0.1) is 11.3 Å². The quantitative estimate of drug-likeness (QED) is 0.681. The largest absolute Gasteiger partial charge is 0.465 e. The molecule has 150 valence electrons. The van der Waals surface area contributed by atoms with Crippen LogP contribution in [0, 0.1) is 5.92 Å². The number of rotatable bonds is 4. The molecule has 0 fully saturated rings. The van der Waals surface area contributed by atoms with E-state index in [9.17, 15) is 9.59 Å². The lowest BCUT2D eigenvalue weighted by molar-refractivity contribution is 0.0601. The molecule has 1 atom stereocenters. The van der Waals surface area contributed by atoms with Gasteiger partial charge < -0.3 is 10.1 Å². The fourth-order valence-corrected chi connectivity index (χ4v) is 5.05. The maximum atomic E-state index is 12.8. The summed E-state index contributed by atoms with van der Waals surface area (Å²) in [5.41, 5.74) is 3.39. The zero-order chi connectivity index (χ0) is 20.5. The molecule has 0 aliphatic heterocycles. The maximum Gasteiger partial charge on any atom is 0.341 e. The molecule has 0 saturated heterocycles. The van der Waals surface area contributed by atoms with Crippen LogP contribution in [0.15, 0.2) is 24.3 Å². The molecule has 3 rings (SSSR count). The van der Waals surface area contributed by atoms with E-state index in [-0.39, 0.29) is 17.3 Å². The van der Waals surface area contributed by atoms with Crippen molar-refractivity contribution in [3.8, 4) is 0 Å². The Morgan fingerprint density at radius 1 is 1.21 bits per heavy atom. The Morgan fingerprint density at radius 2 is 1.89 bits per heavy atom. The van der Waals surface area contributed by atoms with Crippen LogP contribution in [-0.4, -0.2) is 19.0 Å². The summed E-state index contributed by atoms with van der Waals surface area (Å²) < 4.78 is 5.01. The average molecular weight is 400 g/mol. The summed E-state index contributed by atoms with van der Waals surface area (Å²) in [6.45, 7) is 8.63. The van der Waals surface area contributed by atoms with Crippen LogP contribution in [0.2, 0.25) is 0 Å². The number of amides is 1. The van der Waals surface area contributed by atoms with E-state index in [4.69, 9.17) is 4.74 Å². The summed E-state index contributed by atoms with van der Waals surface area (Å²) in [6.07, 6.45) is 4.04. The normalized spacial score (nSPS) is 16.4. The number of esters is 1. The number of carbonyl (C=O) groups is 2. The molecule has 0 saturated carbocycles. The van der Waals surface area contributed by atoms with E-state index in [0.717, 1.165) is 31.2 Å². The van der Waals surface area contributed by atoms with Crippen molar-refractivity contribution < 1.29 is 14.3 Å². The van der Waals surface area contributed by atoms with Gasteiger partial charge >= 0.3 is 5.97 Å². The fraction of sp³-hybridized carbons (Fsp3) is 0.478. The molecule has 1 aromatic heterocycles. The van der Waals surface area contributed by atoms with Gasteiger partial charge in [-0.25, -0.2) is 4.79 Å². The molecule has 1 aromatic carbocycles. The predicted octanol–water partition coefficient (Wildman–Crippen LogP) is 5.60. The SMILES string of the molecule is CCC1CCc2c(sc(NC(=O)c3ccc(C(C)(C)C)cc3)c2C(=O)OC)C1. The molecule has 1 unspecified atom stereocenters. The van der Waals surface area contributed by atoms with E-state index in [0.29, 0.717) is 22.0 Å². The van der Waals surface area contributed by atoms with Gasteiger partial charge in [0.2, 0.25) is 0 Å². The zero-order valence-electron chi connectivity index (χ0n) is 17.3. The number of methoxy groups -OCH3 is 1. The van der Waals surface area contributed by atoms with Gasteiger partial charge in [-0.2, -0.15) is 0 Å². The van der Waals surface area contributed by atoms with Crippen LogP contribution in [0.5, 0.6) is 0 Å². The number of carbonyl (C=O) groups excluding carboxylic acids is 2. The van der Waals surface area contributed by atoms with Crippen molar-refractivity contribution in [1.82, 2.24) is 0 Å². The second-order valence-electron chi connectivity index (χ2n) is 8.50. The van der Waals surface area contributed by atoms with E-state index in [2.05, 4.69) is 33.0 Å². The van der Waals surface area contributed by atoms with Gasteiger partial charge in [0.15, 0.2) is 0 Å². The summed E-state index contributed by atoms with van der Waals surface area (Å²) in [7, 11) is 1.39. The Bertz CT molecular complexity index is 874. The minimum Gasteiger partial charge on any atom is -0.465 e. The summed E-state index contributed by atoms with van der Waals surface area (Å²) >= 11 is 1.52. The van der Waals surface area contributed by atoms with Gasteiger partial charge in [-0.3, -0.25) is 4.79 Å². The molecule has 4 nitrogen and oxygen atoms in total. The fourth-order valence-electron chi connectivity index (χ4n) is 3.71. The van der Waals surface area contributed by atoms with Crippen molar-refractivity contribution in [2.75, 3.05) is 12.4 Å². The van der Waals surface area contributed by atoms with Gasteiger partial charge in [0.25, 0.3) is 5.91 Å². The average Bonchev–Trinajstić information content (AvgIpc) is 3.03. The zero-order valence-corrected chi connectivity index (χ0v) is 18.2. The molecule has 0 spiro atoms. The monoisotopic (exact) mass is 399 g/mol. The van der Waals surface area contributed by atoms with Gasteiger partial charge in [-0.1, -0.05) is 46.2 Å². The first kappa shape index (κ1) is 20.6. The lowest BCUT2D eigenvalue weighted by Crippen LogP contribution is -2.17. The summed E-state index contributed by atoms with van der Waals surface area (Å²) in [5, 5.41) is 3.58. The minimum atomic E-state index is -0.370. The molecule has 2 aromatic rings. The third kappa shape index (κ3) is 4.14. The molecule has 1 aliphatic rings. The second kappa shape index (κ2) is 8.08. The van der Waals surface area contributed by atoms with Gasteiger partial charge in [-0.05, 0) is 53.9 Å². The summed E-state index contributed by atoms with van der Waals surface area (Å²) in [4.78, 5) is 26.4. The van der Waals surface area contributed by atoms with Crippen LogP contribution in [0.4, 0.5) is 5.00 Å². The lowest BCUT2D eigenvalue weighted by atomic mass is 9.85. The second-order valence-corrected chi connectivity index (χ2v) is 9.60. The highest BCUT2D eigenvalue weighted by Crippen LogP contribution is 2.41. The smallest absolute Gasteiger partial charge is 0.341 e. The molecule has 1 heterocycles. The third-order valence-corrected chi connectivity index (χ3v) is 6.74. The first-order valence-corrected chi connectivity index (χ1v) is 10.7. The number of anilines is 1. The van der Waals surface area contributed by atoms with E-state index < -0.39 is 0 Å². The number of ether oxygens (including phenoxy) is 1. The molecule has 28 heavy (non-hydrogen) atoms. The summed E-state index contributed by atoms with van der Waals surface area (Å²) in [6, 6.07) is 7.66. The first-order chi connectivity index (χ1) is 13.2. The van der Waals surface area contributed by atoms with Crippen molar-refractivity contribution in [3.63, 3.8) is 0 Å². The first-order valence-electron chi connectivity index (χ1n) is 9.89. The number of hydrogen-bond donors (Lipinski definition) is 1. The highest BCUT2D eigenvalue weighted by molar-refractivity contribution is 7.17. The van der Waals surface area contributed by atoms with Crippen LogP contribution >= 0.6 is 11.3 Å². The van der Waals surface area contributed by atoms with Crippen LogP contribution in [0.1, 0.15) is 77.3 Å². The topological polar surface area (TPSA) is 55.4 Å². The van der Waals surface area contributed by atoms with Crippen LogP contribution in [-0.2, 0) is 23.0 Å². The van der Waals surface area contributed by atoms with Crippen molar-refractivity contribution >= 4 is 28.2 Å². The number of thiophene rings is 1. The van der Waals surface area contributed by atoms with Crippen LogP contribution < -0.4 is 5.32 Å². The molecule has 1 amide bonds. The number of fused-ring (bicyclic) bond motifs is 1. The van der Waals surface area contributed by atoms with E-state index in [1.54, 1.807) is 0 Å². The summed E-state index contributed by atoms with van der Waals surface area (Å²) in [5.74, 6) is 0.0761. The van der Waals surface area contributed by atoms with Gasteiger partial charge in [0.1, 0.15) is 5.00 Å². The highest BCUT2D eigenvalue weighted by Gasteiger charge is 2.29. The predicted molar refractivity (Wildman–Crippen MR) is 115 cm³/mol. The lowest BCUT2D eigenvalue weighted by Gasteiger charge is -2.20. The Morgan fingerprint density at radius 3 is 2.46 bits per heavy atom. The molecule has 0 radical (unpaired) electrons. The minimum absolute atomic E-state index is 0.0374. The molecular formula is C23H29NO3S. The van der Waals surface area contributed by atoms with Crippen molar-refractivity contribution in [2.24, 2.45) is 5.92 Å². The Kier molecular flexibility index (Phi) is 5.94. The van der Waals surface area contributed by atoms with Crippen molar-refractivity contribution in [1.29, 1.82) is 0 Å². The Labute approximate surface area is 171 Å². The molecule has 0 bridgehead atoms. The third-order valence-electron chi connectivity index (χ3n) is 5.57. The molecule has 1 N–H and O–H groups in total. The highest BCUT2D eigenvalue weighted by atomic mass is 32.1. The van der Waals surface area contributed by atoms with Gasteiger partial charge in [0, 0.05) is 10.4 Å². The maximum absolute atomic E-state index is 12.8. The van der Waals surface area contributed by atoms with E-state index in [1.165, 1.54) is 28.9 Å². The Balaban J connectivity index is 1.88. The van der Waals surface area contributed by atoms with Gasteiger partial charge in [0.05, 0.1) is 12.7 Å². The standard InChI is InChI=1S/C23H29NO3S/c1-6-14-7-12-17-18(13-14)28-21(19(17)22(26)27-5)24-20(25)15-8-10-16(11-9-15)23(2,3)4/h8-11,14H,6-7,12-13H2,1-5H3,(H,24,25). The van der Waals surface area contributed by atoms with Crippen LogP contribution in [0.25, 0.3) is 0 Å². The number of nitrogens with one attached hydrogen (secondary N) is 1. The molecule has 1 aliphatic carbocycles. The van der Waals surface area contributed by atoms with E-state index in [1.807, 2.05) is 24.3 Å². The molecule has 5 heteroatoms. The molecular weight excluding hydrogens is 370 g/mol.